The van der Waals surface area contributed by atoms with Crippen molar-refractivity contribution < 1.29 is 4.79 Å². The zero-order chi connectivity index (χ0) is 11.5. The lowest BCUT2D eigenvalue weighted by atomic mass is 10.0. The summed E-state index contributed by atoms with van der Waals surface area (Å²) in [5, 5.41) is 10.9. The fourth-order valence-corrected chi connectivity index (χ4v) is 3.08. The molecule has 0 aliphatic carbocycles. The van der Waals surface area contributed by atoms with Crippen molar-refractivity contribution in [1.29, 1.82) is 5.26 Å². The number of Topliss-reactive ketones (excluding diaryl/α,β-unsaturated/α-hetero) is 1. The fraction of sp³-hybridized carbons (Fsp3) is 0.0909. The number of thiophene rings is 2. The number of carbonyl (C=O) groups excluding carboxylic acids is 1. The Morgan fingerprint density at radius 3 is 2.75 bits per heavy atom. The van der Waals surface area contributed by atoms with E-state index in [-0.39, 0.29) is 5.78 Å². The molecule has 16 heavy (non-hydrogen) atoms. The van der Waals surface area contributed by atoms with Gasteiger partial charge in [0.05, 0.1) is 15.3 Å². The number of halogens is 1. The molecule has 80 valence electrons. The average Bonchev–Trinajstić information content (AvgIpc) is 2.90. The molecule has 0 amide bonds. The van der Waals surface area contributed by atoms with E-state index in [2.05, 4.69) is 0 Å². The molecule has 0 saturated heterocycles. The fourth-order valence-electron chi connectivity index (χ4n) is 1.30. The first-order valence-electron chi connectivity index (χ1n) is 4.45. The van der Waals surface area contributed by atoms with E-state index in [1.54, 1.807) is 18.2 Å². The molecule has 0 N–H and O–H groups in total. The number of nitriles is 1. The van der Waals surface area contributed by atoms with Crippen molar-refractivity contribution >= 4 is 40.1 Å². The first-order valence-corrected chi connectivity index (χ1v) is 6.52. The summed E-state index contributed by atoms with van der Waals surface area (Å²) in [6, 6.07) is 9.00. The second-order valence-corrected chi connectivity index (χ2v) is 5.74. The van der Waals surface area contributed by atoms with Crippen molar-refractivity contribution in [2.45, 2.75) is 5.92 Å². The van der Waals surface area contributed by atoms with Gasteiger partial charge in [-0.15, -0.1) is 22.7 Å². The number of ketones is 1. The van der Waals surface area contributed by atoms with Gasteiger partial charge in [0.1, 0.15) is 5.92 Å². The van der Waals surface area contributed by atoms with Crippen LogP contribution in [0.15, 0.2) is 29.6 Å². The quantitative estimate of drug-likeness (QED) is 0.790. The molecule has 0 spiro atoms. The average molecular weight is 268 g/mol. The molecule has 2 aromatic rings. The van der Waals surface area contributed by atoms with Gasteiger partial charge in [-0.1, -0.05) is 17.7 Å². The molecule has 2 aromatic heterocycles. The monoisotopic (exact) mass is 267 g/mol. The van der Waals surface area contributed by atoms with Gasteiger partial charge in [0.25, 0.3) is 0 Å². The number of carbonyl (C=O) groups is 1. The first-order chi connectivity index (χ1) is 7.72. The highest BCUT2D eigenvalue weighted by molar-refractivity contribution is 7.18. The maximum atomic E-state index is 12.0. The molecule has 2 heterocycles. The van der Waals surface area contributed by atoms with Crippen LogP contribution in [-0.2, 0) is 0 Å². The minimum atomic E-state index is -0.713. The van der Waals surface area contributed by atoms with Crippen molar-refractivity contribution in [3.63, 3.8) is 0 Å². The maximum absolute atomic E-state index is 12.0. The van der Waals surface area contributed by atoms with Crippen molar-refractivity contribution in [3.05, 3.63) is 43.7 Å². The van der Waals surface area contributed by atoms with Gasteiger partial charge in [0.2, 0.25) is 0 Å². The summed E-state index contributed by atoms with van der Waals surface area (Å²) < 4.78 is 0.561. The molecule has 0 radical (unpaired) electrons. The van der Waals surface area contributed by atoms with Gasteiger partial charge < -0.3 is 0 Å². The minimum Gasteiger partial charge on any atom is -0.291 e. The molecule has 2 rings (SSSR count). The zero-order valence-electron chi connectivity index (χ0n) is 8.01. The summed E-state index contributed by atoms with van der Waals surface area (Å²) in [6.45, 7) is 0. The molecule has 0 fully saturated rings. The predicted octanol–water partition coefficient (Wildman–Crippen LogP) is 3.95. The van der Waals surface area contributed by atoms with Gasteiger partial charge in [-0.05, 0) is 23.6 Å². The highest BCUT2D eigenvalue weighted by Gasteiger charge is 2.23. The van der Waals surface area contributed by atoms with Crippen LogP contribution >= 0.6 is 34.3 Å². The van der Waals surface area contributed by atoms with Crippen LogP contribution in [0, 0.1) is 11.3 Å². The largest absolute Gasteiger partial charge is 0.291 e. The summed E-state index contributed by atoms with van der Waals surface area (Å²) in [5.41, 5.74) is 0. The molecule has 0 bridgehead atoms. The van der Waals surface area contributed by atoms with Gasteiger partial charge in [-0.2, -0.15) is 5.26 Å². The lowest BCUT2D eigenvalue weighted by molar-refractivity contribution is 0.0984. The summed E-state index contributed by atoms with van der Waals surface area (Å²) in [7, 11) is 0. The molecular formula is C11H6ClNOS2. The van der Waals surface area contributed by atoms with Gasteiger partial charge in [-0.3, -0.25) is 4.79 Å². The Morgan fingerprint density at radius 2 is 2.25 bits per heavy atom. The Labute approximate surface area is 106 Å². The minimum absolute atomic E-state index is 0.179. The highest BCUT2D eigenvalue weighted by Crippen LogP contribution is 2.29. The second-order valence-electron chi connectivity index (χ2n) is 3.05. The molecule has 2 nitrogen and oxygen atoms in total. The van der Waals surface area contributed by atoms with E-state index in [9.17, 15) is 4.79 Å². The van der Waals surface area contributed by atoms with Crippen LogP contribution in [0.1, 0.15) is 20.5 Å². The van der Waals surface area contributed by atoms with E-state index in [0.717, 1.165) is 4.88 Å². The number of hydrogen-bond acceptors (Lipinski definition) is 4. The molecule has 0 aliphatic rings. The van der Waals surface area contributed by atoms with E-state index in [4.69, 9.17) is 16.9 Å². The zero-order valence-corrected chi connectivity index (χ0v) is 10.4. The molecular weight excluding hydrogens is 262 g/mol. The Bertz CT molecular complexity index is 539. The third-order valence-electron chi connectivity index (χ3n) is 2.04. The Balaban J connectivity index is 2.31. The topological polar surface area (TPSA) is 40.9 Å². The summed E-state index contributed by atoms with van der Waals surface area (Å²) >= 11 is 8.38. The SMILES string of the molecule is N#CC(C(=O)c1ccc(Cl)s1)c1cccs1. The smallest absolute Gasteiger partial charge is 0.195 e. The Kier molecular flexibility index (Phi) is 3.39. The standard InChI is InChI=1S/C11H6ClNOS2/c12-10-4-3-9(16-10)11(14)7(6-13)8-2-1-5-15-8/h1-5,7H. The number of hydrogen-bond donors (Lipinski definition) is 0. The van der Waals surface area contributed by atoms with E-state index >= 15 is 0 Å². The van der Waals surface area contributed by atoms with E-state index in [0.29, 0.717) is 9.21 Å². The molecule has 0 aliphatic heterocycles. The number of rotatable bonds is 3. The van der Waals surface area contributed by atoms with Gasteiger partial charge in [-0.25, -0.2) is 0 Å². The summed E-state index contributed by atoms with van der Waals surface area (Å²) in [6.07, 6.45) is 0. The van der Waals surface area contributed by atoms with Gasteiger partial charge in [0, 0.05) is 4.88 Å². The molecule has 0 aromatic carbocycles. The van der Waals surface area contributed by atoms with Crippen LogP contribution < -0.4 is 0 Å². The third kappa shape index (κ3) is 2.17. The third-order valence-corrected chi connectivity index (χ3v) is 4.22. The molecule has 1 unspecified atom stereocenters. The predicted molar refractivity (Wildman–Crippen MR) is 66.3 cm³/mol. The normalized spacial score (nSPS) is 12.0. The molecule has 5 heteroatoms. The Morgan fingerprint density at radius 1 is 1.44 bits per heavy atom. The molecule has 0 saturated carbocycles. The van der Waals surface area contributed by atoms with Crippen molar-refractivity contribution in [1.82, 2.24) is 0 Å². The summed E-state index contributed by atoms with van der Waals surface area (Å²) in [4.78, 5) is 13.3. The number of nitrogens with zero attached hydrogens (tertiary/aromatic N) is 1. The lowest BCUT2D eigenvalue weighted by Crippen LogP contribution is -2.08. The second kappa shape index (κ2) is 4.79. The van der Waals surface area contributed by atoms with Gasteiger partial charge >= 0.3 is 0 Å². The lowest BCUT2D eigenvalue weighted by Gasteiger charge is -2.02. The van der Waals surface area contributed by atoms with Crippen LogP contribution in [0.25, 0.3) is 0 Å². The maximum Gasteiger partial charge on any atom is 0.195 e. The van der Waals surface area contributed by atoms with Crippen molar-refractivity contribution in [2.75, 3.05) is 0 Å². The van der Waals surface area contributed by atoms with Crippen molar-refractivity contribution in [3.8, 4) is 6.07 Å². The van der Waals surface area contributed by atoms with Crippen LogP contribution in [0.3, 0.4) is 0 Å². The van der Waals surface area contributed by atoms with Crippen LogP contribution in [0.5, 0.6) is 0 Å². The first kappa shape index (κ1) is 11.3. The van der Waals surface area contributed by atoms with Crippen LogP contribution in [0.4, 0.5) is 0 Å². The van der Waals surface area contributed by atoms with E-state index in [1.165, 1.54) is 22.7 Å². The van der Waals surface area contributed by atoms with Gasteiger partial charge in [0.15, 0.2) is 5.78 Å². The van der Waals surface area contributed by atoms with Crippen molar-refractivity contribution in [2.24, 2.45) is 0 Å². The van der Waals surface area contributed by atoms with E-state index < -0.39 is 5.92 Å². The highest BCUT2D eigenvalue weighted by atomic mass is 35.5. The van der Waals surface area contributed by atoms with Crippen LogP contribution in [0.2, 0.25) is 4.34 Å². The van der Waals surface area contributed by atoms with E-state index in [1.807, 2.05) is 17.5 Å². The van der Waals surface area contributed by atoms with Crippen LogP contribution in [-0.4, -0.2) is 5.78 Å². The summed E-state index contributed by atoms with van der Waals surface area (Å²) in [5.74, 6) is -0.892. The molecule has 1 atom stereocenters. The Hall–Kier alpha value is -1.15.